The minimum atomic E-state index is -1.17. The molecule has 8 heteroatoms. The van der Waals surface area contributed by atoms with Gasteiger partial charge in [0.25, 0.3) is 0 Å². The molecule has 5 N–H and O–H groups in total. The van der Waals surface area contributed by atoms with E-state index in [4.69, 9.17) is 15.6 Å². The Labute approximate surface area is 150 Å². The number of ether oxygens (including phenoxy) is 1. The number of aromatic amines is 1. The summed E-state index contributed by atoms with van der Waals surface area (Å²) in [7, 11) is 0. The molecular weight excluding hydrogens is 338 g/mol. The highest BCUT2D eigenvalue weighted by Crippen LogP contribution is 2.19. The molecule has 1 aromatic heterocycles. The number of aliphatic carboxylic acids is 1. The molecule has 1 heterocycles. The number of amides is 1. The van der Waals surface area contributed by atoms with Gasteiger partial charge in [-0.3, -0.25) is 9.59 Å². The van der Waals surface area contributed by atoms with E-state index in [1.165, 1.54) is 0 Å². The predicted molar refractivity (Wildman–Crippen MR) is 95.4 cm³/mol. The number of para-hydroxylation sites is 1. The van der Waals surface area contributed by atoms with Crippen molar-refractivity contribution in [3.05, 3.63) is 36.0 Å². The molecule has 0 aliphatic carbocycles. The largest absolute Gasteiger partial charge is 0.480 e. The van der Waals surface area contributed by atoms with Gasteiger partial charge >= 0.3 is 11.9 Å². The Hall–Kier alpha value is -2.87. The zero-order valence-corrected chi connectivity index (χ0v) is 14.5. The molecule has 2 aromatic rings. The van der Waals surface area contributed by atoms with Gasteiger partial charge < -0.3 is 25.9 Å². The molecular formula is C18H23N3O5. The van der Waals surface area contributed by atoms with Gasteiger partial charge in [-0.25, -0.2) is 4.79 Å². The smallest absolute Gasteiger partial charge is 0.328 e. The van der Waals surface area contributed by atoms with Crippen LogP contribution in [0.2, 0.25) is 0 Å². The van der Waals surface area contributed by atoms with Gasteiger partial charge in [-0.2, -0.15) is 0 Å². The van der Waals surface area contributed by atoms with Crippen LogP contribution in [0.1, 0.15) is 25.3 Å². The fraction of sp³-hybridized carbons (Fsp3) is 0.389. The van der Waals surface area contributed by atoms with E-state index in [-0.39, 0.29) is 25.9 Å². The van der Waals surface area contributed by atoms with E-state index in [2.05, 4.69) is 10.3 Å². The van der Waals surface area contributed by atoms with E-state index >= 15 is 0 Å². The van der Waals surface area contributed by atoms with Gasteiger partial charge in [-0.1, -0.05) is 18.2 Å². The summed E-state index contributed by atoms with van der Waals surface area (Å²) >= 11 is 0. The summed E-state index contributed by atoms with van der Waals surface area (Å²) in [6, 6.07) is 5.67. The Morgan fingerprint density at radius 2 is 2.04 bits per heavy atom. The van der Waals surface area contributed by atoms with Gasteiger partial charge in [0.15, 0.2) is 0 Å². The lowest BCUT2D eigenvalue weighted by Crippen LogP contribution is -2.44. The first-order chi connectivity index (χ1) is 12.4. The summed E-state index contributed by atoms with van der Waals surface area (Å²) in [5, 5.41) is 12.4. The fourth-order valence-corrected chi connectivity index (χ4v) is 2.63. The first-order valence-corrected chi connectivity index (χ1v) is 8.41. The van der Waals surface area contributed by atoms with Crippen molar-refractivity contribution in [2.45, 2.75) is 38.3 Å². The number of rotatable bonds is 9. The monoisotopic (exact) mass is 361 g/mol. The minimum absolute atomic E-state index is 0.0101. The first-order valence-electron chi connectivity index (χ1n) is 8.41. The first kappa shape index (κ1) is 19.5. The maximum absolute atomic E-state index is 12.2. The molecule has 1 amide bonds. The molecule has 8 nitrogen and oxygen atoms in total. The molecule has 26 heavy (non-hydrogen) atoms. The summed E-state index contributed by atoms with van der Waals surface area (Å²) in [5.41, 5.74) is 7.21. The lowest BCUT2D eigenvalue weighted by molar-refractivity contribution is -0.147. The van der Waals surface area contributed by atoms with Crippen molar-refractivity contribution < 1.29 is 24.2 Å². The molecule has 0 fully saturated rings. The van der Waals surface area contributed by atoms with Crippen molar-refractivity contribution >= 4 is 28.7 Å². The van der Waals surface area contributed by atoms with Gasteiger partial charge in [0.05, 0.1) is 6.61 Å². The van der Waals surface area contributed by atoms with Crippen molar-refractivity contribution in [1.82, 2.24) is 10.3 Å². The lowest BCUT2D eigenvalue weighted by Gasteiger charge is -2.17. The third-order valence-corrected chi connectivity index (χ3v) is 4.00. The van der Waals surface area contributed by atoms with E-state index in [1.54, 1.807) is 13.1 Å². The minimum Gasteiger partial charge on any atom is -0.480 e. The SMILES string of the molecule is CCOC(=O)[C@H](Cc1c[nH]c2ccccc12)NC(=O)CC[C@@H](N)C(=O)O. The number of benzene rings is 1. The van der Waals surface area contributed by atoms with Crippen LogP contribution < -0.4 is 11.1 Å². The fourth-order valence-electron chi connectivity index (χ4n) is 2.63. The second-order valence-electron chi connectivity index (χ2n) is 5.92. The highest BCUT2D eigenvalue weighted by atomic mass is 16.5. The average Bonchev–Trinajstić information content (AvgIpc) is 3.02. The van der Waals surface area contributed by atoms with E-state index in [1.807, 2.05) is 24.3 Å². The highest BCUT2D eigenvalue weighted by molar-refractivity contribution is 5.87. The van der Waals surface area contributed by atoms with Crippen LogP contribution in [0.4, 0.5) is 0 Å². The Morgan fingerprint density at radius 3 is 2.73 bits per heavy atom. The Balaban J connectivity index is 2.07. The Bertz CT molecular complexity index is 786. The summed E-state index contributed by atoms with van der Waals surface area (Å²) < 4.78 is 5.05. The van der Waals surface area contributed by atoms with E-state index in [0.717, 1.165) is 16.5 Å². The number of esters is 1. The molecule has 2 rings (SSSR count). The van der Waals surface area contributed by atoms with Crippen LogP contribution in [0.5, 0.6) is 0 Å². The van der Waals surface area contributed by atoms with Crippen LogP contribution in [-0.4, -0.2) is 46.6 Å². The number of nitrogens with two attached hydrogens (primary N) is 1. The Kier molecular flexibility index (Phi) is 6.74. The standard InChI is InChI=1S/C18H23N3O5/c1-2-26-18(25)15(21-16(22)8-7-13(19)17(23)24)9-11-10-20-14-6-4-3-5-12(11)14/h3-6,10,13,15,20H,2,7-9,19H2,1H3,(H,21,22)(H,23,24)/t13-,15+/m1/s1. The van der Waals surface area contributed by atoms with E-state index < -0.39 is 29.9 Å². The number of carboxylic acids is 1. The maximum Gasteiger partial charge on any atom is 0.328 e. The van der Waals surface area contributed by atoms with Crippen molar-refractivity contribution in [1.29, 1.82) is 0 Å². The number of aromatic nitrogens is 1. The zero-order valence-electron chi connectivity index (χ0n) is 14.5. The third-order valence-electron chi connectivity index (χ3n) is 4.00. The second kappa shape index (κ2) is 9.00. The van der Waals surface area contributed by atoms with Crippen LogP contribution in [0.25, 0.3) is 10.9 Å². The van der Waals surface area contributed by atoms with Crippen LogP contribution in [-0.2, 0) is 25.5 Å². The molecule has 0 bridgehead atoms. The molecule has 140 valence electrons. The summed E-state index contributed by atoms with van der Waals surface area (Å²) in [4.78, 5) is 38.2. The van der Waals surface area contributed by atoms with Crippen LogP contribution in [0, 0.1) is 0 Å². The summed E-state index contributed by atoms with van der Waals surface area (Å²) in [5.74, 6) is -2.15. The molecule has 2 atom stereocenters. The molecule has 0 saturated carbocycles. The number of nitrogens with one attached hydrogen (secondary N) is 2. The van der Waals surface area contributed by atoms with Crippen LogP contribution >= 0.6 is 0 Å². The Morgan fingerprint density at radius 1 is 1.31 bits per heavy atom. The molecule has 0 unspecified atom stereocenters. The van der Waals surface area contributed by atoms with Gasteiger partial charge in [0.2, 0.25) is 5.91 Å². The van der Waals surface area contributed by atoms with Crippen LogP contribution in [0.3, 0.4) is 0 Å². The molecule has 0 aliphatic rings. The van der Waals surface area contributed by atoms with Crippen molar-refractivity contribution in [2.75, 3.05) is 6.61 Å². The number of carbonyl (C=O) groups is 3. The number of carboxylic acid groups (broad SMARTS) is 1. The number of carbonyl (C=O) groups excluding carboxylic acids is 2. The molecule has 0 saturated heterocycles. The number of hydrogen-bond acceptors (Lipinski definition) is 5. The molecule has 0 aliphatic heterocycles. The third kappa shape index (κ3) is 5.06. The number of fused-ring (bicyclic) bond motifs is 1. The maximum atomic E-state index is 12.2. The van der Waals surface area contributed by atoms with Gasteiger partial charge in [-0.15, -0.1) is 0 Å². The quantitative estimate of drug-likeness (QED) is 0.491. The zero-order chi connectivity index (χ0) is 19.1. The second-order valence-corrected chi connectivity index (χ2v) is 5.92. The molecule has 0 radical (unpaired) electrons. The predicted octanol–water partition coefficient (Wildman–Crippen LogP) is 0.950. The summed E-state index contributed by atoms with van der Waals surface area (Å²) in [6.07, 6.45) is 1.96. The topological polar surface area (TPSA) is 135 Å². The molecule has 1 aromatic carbocycles. The molecule has 0 spiro atoms. The van der Waals surface area contributed by atoms with E-state index in [9.17, 15) is 14.4 Å². The summed E-state index contributed by atoms with van der Waals surface area (Å²) in [6.45, 7) is 1.89. The number of hydrogen-bond donors (Lipinski definition) is 4. The van der Waals surface area contributed by atoms with Gasteiger partial charge in [0.1, 0.15) is 12.1 Å². The van der Waals surface area contributed by atoms with Crippen LogP contribution in [0.15, 0.2) is 30.5 Å². The van der Waals surface area contributed by atoms with Crippen molar-refractivity contribution in [3.63, 3.8) is 0 Å². The normalized spacial score (nSPS) is 13.2. The highest BCUT2D eigenvalue weighted by Gasteiger charge is 2.24. The van der Waals surface area contributed by atoms with Gasteiger partial charge in [-0.05, 0) is 25.0 Å². The van der Waals surface area contributed by atoms with Gasteiger partial charge in [0, 0.05) is 29.9 Å². The van der Waals surface area contributed by atoms with Crippen molar-refractivity contribution in [3.8, 4) is 0 Å². The van der Waals surface area contributed by atoms with E-state index in [0.29, 0.717) is 0 Å². The number of H-pyrrole nitrogens is 1. The average molecular weight is 361 g/mol. The lowest BCUT2D eigenvalue weighted by atomic mass is 10.0. The van der Waals surface area contributed by atoms with Crippen molar-refractivity contribution in [2.24, 2.45) is 5.73 Å².